The third-order valence-corrected chi connectivity index (χ3v) is 5.22. The van der Waals surface area contributed by atoms with E-state index in [1.807, 2.05) is 48.7 Å². The number of aromatic nitrogens is 2. The summed E-state index contributed by atoms with van der Waals surface area (Å²) in [7, 11) is 0. The molecule has 1 aliphatic carbocycles. The highest BCUT2D eigenvalue weighted by molar-refractivity contribution is 6.08. The van der Waals surface area contributed by atoms with Crippen LogP contribution in [0.2, 0.25) is 0 Å². The number of ether oxygens (including phenoxy) is 1. The van der Waals surface area contributed by atoms with Crippen LogP contribution in [0.4, 0.5) is 5.69 Å². The zero-order chi connectivity index (χ0) is 21.4. The van der Waals surface area contributed by atoms with E-state index < -0.39 is 0 Å². The molecule has 3 aromatic rings. The van der Waals surface area contributed by atoms with Gasteiger partial charge < -0.3 is 19.6 Å². The number of fused-ring (bicyclic) bond motifs is 2. The third-order valence-electron chi connectivity index (χ3n) is 5.22. The molecule has 1 aromatic carbocycles. The van der Waals surface area contributed by atoms with Gasteiger partial charge in [-0.3, -0.25) is 10.2 Å². The summed E-state index contributed by atoms with van der Waals surface area (Å²) in [5.74, 6) is -0.283. The molecule has 0 saturated carbocycles. The van der Waals surface area contributed by atoms with Gasteiger partial charge in [-0.25, -0.2) is 4.98 Å². The van der Waals surface area contributed by atoms with Crippen LogP contribution in [0.5, 0.6) is 0 Å². The van der Waals surface area contributed by atoms with Gasteiger partial charge in [0.05, 0.1) is 11.3 Å². The van der Waals surface area contributed by atoms with Crippen molar-refractivity contribution in [3.8, 4) is 0 Å². The van der Waals surface area contributed by atoms with Crippen LogP contribution >= 0.6 is 0 Å². The molecular formula is C23H24N4O3. The molecule has 30 heavy (non-hydrogen) atoms. The van der Waals surface area contributed by atoms with Crippen LogP contribution in [0.3, 0.4) is 0 Å². The van der Waals surface area contributed by atoms with Gasteiger partial charge in [0.2, 0.25) is 5.90 Å². The number of anilines is 1. The molecule has 0 saturated heterocycles. The lowest BCUT2D eigenvalue weighted by molar-refractivity contribution is 0.102. The van der Waals surface area contributed by atoms with Crippen molar-refractivity contribution >= 4 is 23.1 Å². The van der Waals surface area contributed by atoms with E-state index in [1.165, 1.54) is 13.0 Å². The lowest BCUT2D eigenvalue weighted by Gasteiger charge is -2.15. The topological polar surface area (TPSA) is 99.7 Å². The first-order valence-corrected chi connectivity index (χ1v) is 9.84. The van der Waals surface area contributed by atoms with Gasteiger partial charge in [0.15, 0.2) is 0 Å². The van der Waals surface area contributed by atoms with Crippen molar-refractivity contribution in [3.05, 3.63) is 76.4 Å². The molecule has 1 aliphatic rings. The maximum atomic E-state index is 12.9. The van der Waals surface area contributed by atoms with Crippen LogP contribution in [0.1, 0.15) is 52.3 Å². The molecule has 4 rings (SSSR count). The lowest BCUT2D eigenvalue weighted by Crippen LogP contribution is -2.13. The van der Waals surface area contributed by atoms with Crippen LogP contribution in [0.15, 0.2) is 48.4 Å². The van der Waals surface area contributed by atoms with E-state index in [9.17, 15) is 9.90 Å². The van der Waals surface area contributed by atoms with Gasteiger partial charge in [0, 0.05) is 29.3 Å². The predicted molar refractivity (Wildman–Crippen MR) is 115 cm³/mol. The van der Waals surface area contributed by atoms with E-state index in [4.69, 9.17) is 10.1 Å². The Balaban J connectivity index is 1.57. The Bertz CT molecular complexity index is 1190. The summed E-state index contributed by atoms with van der Waals surface area (Å²) in [5.41, 5.74) is 5.78. The Labute approximate surface area is 174 Å². The first-order valence-electron chi connectivity index (χ1n) is 9.84. The average molecular weight is 404 g/mol. The second kappa shape index (κ2) is 7.67. The van der Waals surface area contributed by atoms with Crippen molar-refractivity contribution in [2.45, 2.75) is 39.7 Å². The molecule has 2 aromatic heterocycles. The summed E-state index contributed by atoms with van der Waals surface area (Å²) in [6, 6.07) is 9.50. The standard InChI is InChI=1S/C23H24N4O3/c1-13-10-14(2)27-9-8-18(22(27)25-13)23(29)26-17-6-4-16-5-7-20(19(16)12-17)30-21(24)11-15(3)28/h4,6,8-12,20,24,28H,5,7H2,1-3H3,(H,26,29)/b15-11-,24-21?. The molecule has 1 unspecified atom stereocenters. The normalized spacial score (nSPS) is 15.8. The van der Waals surface area contributed by atoms with Crippen molar-refractivity contribution in [1.29, 1.82) is 5.41 Å². The predicted octanol–water partition coefficient (Wildman–Crippen LogP) is 4.65. The minimum atomic E-state index is -0.276. The monoisotopic (exact) mass is 404 g/mol. The third kappa shape index (κ3) is 3.78. The van der Waals surface area contributed by atoms with E-state index in [0.29, 0.717) is 16.9 Å². The van der Waals surface area contributed by atoms with Crippen LogP contribution in [0.25, 0.3) is 5.65 Å². The van der Waals surface area contributed by atoms with Gasteiger partial charge in [-0.15, -0.1) is 0 Å². The molecule has 0 fully saturated rings. The van der Waals surface area contributed by atoms with E-state index in [1.54, 1.807) is 6.07 Å². The van der Waals surface area contributed by atoms with E-state index in [0.717, 1.165) is 35.4 Å². The minimum Gasteiger partial charge on any atom is -0.512 e. The molecule has 1 atom stereocenters. The van der Waals surface area contributed by atoms with Crippen molar-refractivity contribution in [1.82, 2.24) is 9.38 Å². The summed E-state index contributed by atoms with van der Waals surface area (Å²) >= 11 is 0. The molecule has 154 valence electrons. The molecular weight excluding hydrogens is 380 g/mol. The Kier molecular flexibility index (Phi) is 5.03. The minimum absolute atomic E-state index is 0.0260. The Morgan fingerprint density at radius 2 is 2.13 bits per heavy atom. The number of nitrogens with zero attached hydrogens (tertiary/aromatic N) is 2. The van der Waals surface area contributed by atoms with Gasteiger partial charge in [-0.05, 0) is 69.0 Å². The van der Waals surface area contributed by atoms with Gasteiger partial charge in [0.25, 0.3) is 5.91 Å². The molecule has 3 N–H and O–H groups in total. The molecule has 7 heteroatoms. The quantitative estimate of drug-likeness (QED) is 0.335. The Morgan fingerprint density at radius 1 is 1.33 bits per heavy atom. The second-order valence-electron chi connectivity index (χ2n) is 7.62. The summed E-state index contributed by atoms with van der Waals surface area (Å²) in [6.07, 6.45) is 4.44. The lowest BCUT2D eigenvalue weighted by atomic mass is 10.1. The van der Waals surface area contributed by atoms with Crippen molar-refractivity contribution < 1.29 is 14.6 Å². The molecule has 0 bridgehead atoms. The fourth-order valence-corrected chi connectivity index (χ4v) is 3.91. The number of allylic oxidation sites excluding steroid dienone is 1. The number of carbonyl (C=O) groups excluding carboxylic acids is 1. The van der Waals surface area contributed by atoms with Gasteiger partial charge in [-0.1, -0.05) is 6.07 Å². The number of benzene rings is 1. The number of amides is 1. The fraction of sp³-hybridized carbons (Fsp3) is 0.261. The number of hydrogen-bond donors (Lipinski definition) is 3. The van der Waals surface area contributed by atoms with Crippen LogP contribution in [-0.2, 0) is 11.2 Å². The number of aryl methyl sites for hydroxylation is 3. The smallest absolute Gasteiger partial charge is 0.259 e. The number of carbonyl (C=O) groups is 1. The van der Waals surface area contributed by atoms with E-state index >= 15 is 0 Å². The summed E-state index contributed by atoms with van der Waals surface area (Å²) in [6.45, 7) is 5.39. The summed E-state index contributed by atoms with van der Waals surface area (Å²) in [5, 5.41) is 20.1. The first kappa shape index (κ1) is 19.7. The number of hydrogen-bond acceptors (Lipinski definition) is 5. The Hall–Kier alpha value is -3.61. The van der Waals surface area contributed by atoms with E-state index in [2.05, 4.69) is 10.3 Å². The molecule has 0 aliphatic heterocycles. The van der Waals surface area contributed by atoms with Crippen molar-refractivity contribution in [2.24, 2.45) is 0 Å². The highest BCUT2D eigenvalue weighted by Gasteiger charge is 2.25. The fourth-order valence-electron chi connectivity index (χ4n) is 3.91. The highest BCUT2D eigenvalue weighted by atomic mass is 16.5. The van der Waals surface area contributed by atoms with Crippen LogP contribution in [0, 0.1) is 19.3 Å². The zero-order valence-corrected chi connectivity index (χ0v) is 17.2. The average Bonchev–Trinajstić information content (AvgIpc) is 3.25. The SMILES string of the molecule is C/C(O)=C/C(=N)OC1CCc2ccc(NC(=O)c3ccn4c(C)cc(C)nc34)cc21. The number of aliphatic hydroxyl groups excluding tert-OH is 1. The number of aliphatic hydroxyl groups is 1. The second-order valence-corrected chi connectivity index (χ2v) is 7.62. The number of rotatable bonds is 4. The zero-order valence-electron chi connectivity index (χ0n) is 17.2. The molecule has 1 amide bonds. The number of nitrogens with one attached hydrogen (secondary N) is 2. The maximum absolute atomic E-state index is 12.9. The van der Waals surface area contributed by atoms with Crippen LogP contribution < -0.4 is 5.32 Å². The molecule has 0 spiro atoms. The largest absolute Gasteiger partial charge is 0.512 e. The summed E-state index contributed by atoms with van der Waals surface area (Å²) in [4.78, 5) is 17.4. The van der Waals surface area contributed by atoms with Gasteiger partial charge >= 0.3 is 0 Å². The molecule has 0 radical (unpaired) electrons. The van der Waals surface area contributed by atoms with Crippen molar-refractivity contribution in [2.75, 3.05) is 5.32 Å². The summed E-state index contributed by atoms with van der Waals surface area (Å²) < 4.78 is 7.59. The van der Waals surface area contributed by atoms with Crippen LogP contribution in [-0.4, -0.2) is 26.3 Å². The Morgan fingerprint density at radius 3 is 2.90 bits per heavy atom. The van der Waals surface area contributed by atoms with Gasteiger partial charge in [0.1, 0.15) is 11.8 Å². The molecule has 2 heterocycles. The van der Waals surface area contributed by atoms with E-state index in [-0.39, 0.29) is 23.7 Å². The maximum Gasteiger partial charge on any atom is 0.259 e. The van der Waals surface area contributed by atoms with Gasteiger partial charge in [-0.2, -0.15) is 0 Å². The molecule has 7 nitrogen and oxygen atoms in total. The van der Waals surface area contributed by atoms with Crippen molar-refractivity contribution in [3.63, 3.8) is 0 Å². The first-order chi connectivity index (χ1) is 14.3. The highest BCUT2D eigenvalue weighted by Crippen LogP contribution is 2.36.